The second-order valence-electron chi connectivity index (χ2n) is 6.01. The fraction of sp³-hybridized carbons (Fsp3) is 0.333. The maximum Gasteiger partial charge on any atom is 0.573 e. The van der Waals surface area contributed by atoms with Gasteiger partial charge < -0.3 is 15.2 Å². The summed E-state index contributed by atoms with van der Waals surface area (Å²) in [6.45, 7) is 3.13. The molecule has 2 aromatic rings. The lowest BCUT2D eigenvalue weighted by atomic mass is 9.95. The van der Waals surface area contributed by atoms with Gasteiger partial charge in [-0.3, -0.25) is 4.90 Å². The summed E-state index contributed by atoms with van der Waals surface area (Å²) in [6, 6.07) is 10.7. The number of nitrogens with zero attached hydrogens (tertiary/aromatic N) is 1. The number of aromatic hydroxyl groups is 1. The van der Waals surface area contributed by atoms with Crippen molar-refractivity contribution in [2.75, 3.05) is 26.2 Å². The minimum absolute atomic E-state index is 0. The Morgan fingerprint density at radius 3 is 2.21 bits per heavy atom. The molecule has 0 aromatic heterocycles. The van der Waals surface area contributed by atoms with Gasteiger partial charge >= 0.3 is 6.36 Å². The summed E-state index contributed by atoms with van der Waals surface area (Å²) >= 11 is 3.42. The van der Waals surface area contributed by atoms with Gasteiger partial charge in [0.05, 0.1) is 6.04 Å². The molecule has 0 unspecified atom stereocenters. The van der Waals surface area contributed by atoms with Gasteiger partial charge in [0.1, 0.15) is 11.5 Å². The molecule has 0 spiro atoms. The van der Waals surface area contributed by atoms with Crippen molar-refractivity contribution in [3.63, 3.8) is 0 Å². The number of piperazine rings is 1. The van der Waals surface area contributed by atoms with E-state index in [0.717, 1.165) is 36.2 Å². The van der Waals surface area contributed by atoms with E-state index < -0.39 is 6.36 Å². The molecule has 1 heterocycles. The van der Waals surface area contributed by atoms with Crippen molar-refractivity contribution in [1.29, 1.82) is 0 Å². The Balaban J connectivity index is 0.00000196. The van der Waals surface area contributed by atoms with E-state index in [1.54, 1.807) is 24.3 Å². The lowest BCUT2D eigenvalue weighted by molar-refractivity contribution is -0.274. The Hall–Kier alpha value is -1.19. The minimum atomic E-state index is -4.72. The first-order valence-electron chi connectivity index (χ1n) is 8.12. The van der Waals surface area contributed by atoms with Crippen LogP contribution in [0.1, 0.15) is 17.2 Å². The zero-order chi connectivity index (χ0) is 18.7. The molecule has 1 saturated heterocycles. The van der Waals surface area contributed by atoms with Crippen LogP contribution in [0.2, 0.25) is 0 Å². The Kier molecular flexibility index (Phi) is 9.36. The monoisotopic (exact) mass is 502 g/mol. The quantitative estimate of drug-likeness (QED) is 0.623. The third-order valence-electron chi connectivity index (χ3n) is 4.23. The summed E-state index contributed by atoms with van der Waals surface area (Å²) in [4.78, 5) is 2.19. The highest BCUT2D eigenvalue weighted by Gasteiger charge is 2.31. The highest BCUT2D eigenvalue weighted by atomic mass is 79.9. The number of benzene rings is 2. The molecule has 1 fully saturated rings. The largest absolute Gasteiger partial charge is 0.573 e. The van der Waals surface area contributed by atoms with Crippen molar-refractivity contribution in [3.8, 4) is 11.5 Å². The number of phenols is 1. The average Bonchev–Trinajstić information content (AvgIpc) is 2.59. The van der Waals surface area contributed by atoms with Crippen LogP contribution in [-0.4, -0.2) is 42.5 Å². The van der Waals surface area contributed by atoms with Crippen molar-refractivity contribution >= 4 is 40.7 Å². The van der Waals surface area contributed by atoms with Gasteiger partial charge in [-0.1, -0.05) is 28.1 Å². The highest BCUT2D eigenvalue weighted by molar-refractivity contribution is 9.10. The maximum atomic E-state index is 12.4. The van der Waals surface area contributed by atoms with Crippen LogP contribution in [0.4, 0.5) is 13.2 Å². The molecule has 0 aliphatic carbocycles. The number of hydrogen-bond acceptors (Lipinski definition) is 4. The molecule has 156 valence electrons. The number of alkyl halides is 3. The number of nitrogens with one attached hydrogen (secondary N) is 1. The fourth-order valence-corrected chi connectivity index (χ4v) is 3.50. The molecular weight excluding hydrogens is 484 g/mol. The standard InChI is InChI=1S/C18H18BrF3N2O2.2ClH/c19-13-3-6-16(25)15(11-13)17(24-9-7-23-8-10-24)12-1-4-14(5-2-12)26-18(20,21)22;;/h1-6,11,17,23,25H,7-10H2;2*1H/t17-;;/m1../s1. The summed E-state index contributed by atoms with van der Waals surface area (Å²) < 4.78 is 41.9. The van der Waals surface area contributed by atoms with Gasteiger partial charge in [0.25, 0.3) is 0 Å². The van der Waals surface area contributed by atoms with Crippen LogP contribution >= 0.6 is 40.7 Å². The van der Waals surface area contributed by atoms with Crippen LogP contribution in [0.25, 0.3) is 0 Å². The SMILES string of the molecule is Cl.Cl.Oc1ccc(Br)cc1[C@@H](c1ccc(OC(F)(F)F)cc1)N1CCNCC1. The molecule has 0 bridgehead atoms. The third-order valence-corrected chi connectivity index (χ3v) is 4.72. The number of ether oxygens (including phenoxy) is 1. The van der Waals surface area contributed by atoms with Crippen LogP contribution in [-0.2, 0) is 0 Å². The predicted molar refractivity (Wildman–Crippen MR) is 110 cm³/mol. The first kappa shape index (κ1) is 24.8. The number of hydrogen-bond donors (Lipinski definition) is 2. The molecule has 10 heteroatoms. The molecule has 1 aliphatic heterocycles. The van der Waals surface area contributed by atoms with E-state index in [2.05, 4.69) is 30.9 Å². The highest BCUT2D eigenvalue weighted by Crippen LogP contribution is 2.37. The average molecular weight is 504 g/mol. The van der Waals surface area contributed by atoms with E-state index in [-0.39, 0.29) is 42.4 Å². The molecule has 1 aliphatic rings. The summed E-state index contributed by atoms with van der Waals surface area (Å²) in [5.74, 6) is -0.119. The lowest BCUT2D eigenvalue weighted by Crippen LogP contribution is -2.45. The smallest absolute Gasteiger partial charge is 0.508 e. The number of halogens is 6. The Bertz CT molecular complexity index is 757. The van der Waals surface area contributed by atoms with E-state index >= 15 is 0 Å². The van der Waals surface area contributed by atoms with Gasteiger partial charge in [0.2, 0.25) is 0 Å². The summed E-state index contributed by atoms with van der Waals surface area (Å²) in [5.41, 5.74) is 1.49. The predicted octanol–water partition coefficient (Wildman–Crippen LogP) is 4.89. The van der Waals surface area contributed by atoms with E-state index in [4.69, 9.17) is 0 Å². The van der Waals surface area contributed by atoms with Gasteiger partial charge in [0.15, 0.2) is 0 Å². The van der Waals surface area contributed by atoms with Crippen LogP contribution in [0.5, 0.6) is 11.5 Å². The van der Waals surface area contributed by atoms with Gasteiger partial charge in [-0.05, 0) is 35.9 Å². The maximum absolute atomic E-state index is 12.4. The van der Waals surface area contributed by atoms with Crippen LogP contribution in [0, 0.1) is 0 Å². The van der Waals surface area contributed by atoms with Crippen LogP contribution in [0.15, 0.2) is 46.9 Å². The minimum Gasteiger partial charge on any atom is -0.508 e. The molecule has 0 saturated carbocycles. The summed E-state index contributed by atoms with van der Waals surface area (Å²) in [5, 5.41) is 13.6. The van der Waals surface area contributed by atoms with Crippen LogP contribution < -0.4 is 10.1 Å². The van der Waals surface area contributed by atoms with Crippen molar-refractivity contribution in [1.82, 2.24) is 10.2 Å². The van der Waals surface area contributed by atoms with Gasteiger partial charge in [-0.25, -0.2) is 0 Å². The van der Waals surface area contributed by atoms with E-state index in [1.807, 2.05) is 6.07 Å². The van der Waals surface area contributed by atoms with Crippen molar-refractivity contribution in [2.24, 2.45) is 0 Å². The zero-order valence-corrected chi connectivity index (χ0v) is 17.8. The molecule has 0 radical (unpaired) electrons. The van der Waals surface area contributed by atoms with Crippen molar-refractivity contribution < 1.29 is 23.0 Å². The second kappa shape index (κ2) is 10.5. The third kappa shape index (κ3) is 6.42. The molecule has 2 aromatic carbocycles. The van der Waals surface area contributed by atoms with E-state index in [1.165, 1.54) is 12.1 Å². The molecule has 3 rings (SSSR count). The van der Waals surface area contributed by atoms with E-state index in [0.29, 0.717) is 5.56 Å². The van der Waals surface area contributed by atoms with Gasteiger partial charge in [-0.2, -0.15) is 0 Å². The molecule has 0 amide bonds. The summed E-state index contributed by atoms with van der Waals surface area (Å²) in [7, 11) is 0. The van der Waals surface area contributed by atoms with E-state index in [9.17, 15) is 18.3 Å². The number of phenolic OH excluding ortho intramolecular Hbond substituents is 1. The summed E-state index contributed by atoms with van der Waals surface area (Å²) in [6.07, 6.45) is -4.72. The van der Waals surface area contributed by atoms with Gasteiger partial charge in [-0.15, -0.1) is 38.0 Å². The Morgan fingerprint density at radius 1 is 1.04 bits per heavy atom. The number of rotatable bonds is 4. The lowest BCUT2D eigenvalue weighted by Gasteiger charge is -2.36. The Labute approximate surface area is 182 Å². The molecule has 1 atom stereocenters. The molecular formula is C18H20BrCl2F3N2O2. The Morgan fingerprint density at radius 2 is 1.64 bits per heavy atom. The zero-order valence-electron chi connectivity index (χ0n) is 14.6. The second-order valence-corrected chi connectivity index (χ2v) is 6.92. The van der Waals surface area contributed by atoms with Crippen LogP contribution in [0.3, 0.4) is 0 Å². The normalized spacial score (nSPS) is 15.9. The molecule has 28 heavy (non-hydrogen) atoms. The molecule has 2 N–H and O–H groups in total. The van der Waals surface area contributed by atoms with Crippen molar-refractivity contribution in [2.45, 2.75) is 12.4 Å². The first-order chi connectivity index (χ1) is 12.3. The molecule has 4 nitrogen and oxygen atoms in total. The van der Waals surface area contributed by atoms with Gasteiger partial charge in [0, 0.05) is 36.2 Å². The fourth-order valence-electron chi connectivity index (χ4n) is 3.12. The topological polar surface area (TPSA) is 44.7 Å². The van der Waals surface area contributed by atoms with Crippen molar-refractivity contribution in [3.05, 3.63) is 58.1 Å². The first-order valence-corrected chi connectivity index (χ1v) is 8.92.